The number of carboxylic acid groups (broad SMARTS) is 1. The van der Waals surface area contributed by atoms with Crippen LogP contribution >= 0.6 is 0 Å². The van der Waals surface area contributed by atoms with Crippen LogP contribution in [0, 0.1) is 0 Å². The van der Waals surface area contributed by atoms with Gasteiger partial charge in [0.05, 0.1) is 13.0 Å². The van der Waals surface area contributed by atoms with Crippen molar-refractivity contribution in [2.75, 3.05) is 13.2 Å². The number of aliphatic hydroxyl groups is 1. The average molecular weight is 147 g/mol. The van der Waals surface area contributed by atoms with Crippen LogP contribution in [0.1, 0.15) is 13.3 Å². The van der Waals surface area contributed by atoms with Gasteiger partial charge in [0.2, 0.25) is 0 Å². The zero-order valence-electron chi connectivity index (χ0n) is 6.00. The quantitative estimate of drug-likeness (QED) is 0.487. The van der Waals surface area contributed by atoms with Crippen molar-refractivity contribution >= 4 is 5.97 Å². The van der Waals surface area contributed by atoms with Crippen LogP contribution < -0.4 is 5.32 Å². The molecular weight excluding hydrogens is 134 g/mol. The Morgan fingerprint density at radius 2 is 2.30 bits per heavy atom. The van der Waals surface area contributed by atoms with Gasteiger partial charge in [0.15, 0.2) is 0 Å². The van der Waals surface area contributed by atoms with Gasteiger partial charge >= 0.3 is 5.97 Å². The predicted octanol–water partition coefficient (Wildman–Crippen LogP) is -0.569. The zero-order chi connectivity index (χ0) is 7.98. The number of aliphatic hydroxyl groups excluding tert-OH is 1. The van der Waals surface area contributed by atoms with E-state index in [-0.39, 0.29) is 19.1 Å². The molecule has 0 bridgehead atoms. The lowest BCUT2D eigenvalue weighted by Gasteiger charge is -2.08. The van der Waals surface area contributed by atoms with E-state index in [1.54, 1.807) is 6.92 Å². The highest BCUT2D eigenvalue weighted by Gasteiger charge is 2.04. The number of aliphatic carboxylic acids is 1. The van der Waals surface area contributed by atoms with Gasteiger partial charge in [-0.2, -0.15) is 0 Å². The normalized spacial score (nSPS) is 13.0. The largest absolute Gasteiger partial charge is 0.481 e. The molecule has 0 saturated heterocycles. The predicted molar refractivity (Wildman–Crippen MR) is 36.8 cm³/mol. The number of nitrogens with one attached hydrogen (secondary N) is 1. The Morgan fingerprint density at radius 3 is 2.70 bits per heavy atom. The summed E-state index contributed by atoms with van der Waals surface area (Å²) >= 11 is 0. The van der Waals surface area contributed by atoms with Gasteiger partial charge in [-0.3, -0.25) is 4.79 Å². The summed E-state index contributed by atoms with van der Waals surface area (Å²) in [5.74, 6) is -0.821. The number of carbonyl (C=O) groups is 1. The van der Waals surface area contributed by atoms with E-state index in [9.17, 15) is 4.79 Å². The third-order valence-electron chi connectivity index (χ3n) is 1.09. The maximum Gasteiger partial charge on any atom is 0.304 e. The summed E-state index contributed by atoms with van der Waals surface area (Å²) in [7, 11) is 0. The van der Waals surface area contributed by atoms with Crippen molar-refractivity contribution in [3.05, 3.63) is 0 Å². The molecule has 0 spiro atoms. The second-order valence-corrected chi connectivity index (χ2v) is 2.18. The molecule has 3 N–H and O–H groups in total. The van der Waals surface area contributed by atoms with Crippen molar-refractivity contribution in [2.45, 2.75) is 19.4 Å². The van der Waals surface area contributed by atoms with Crippen molar-refractivity contribution in [1.29, 1.82) is 0 Å². The smallest absolute Gasteiger partial charge is 0.304 e. The molecule has 0 fully saturated rings. The molecule has 0 unspecified atom stereocenters. The van der Waals surface area contributed by atoms with Gasteiger partial charge in [-0.15, -0.1) is 0 Å². The number of hydrogen-bond donors (Lipinski definition) is 3. The summed E-state index contributed by atoms with van der Waals surface area (Å²) in [6.45, 7) is 2.27. The number of rotatable bonds is 5. The van der Waals surface area contributed by atoms with Crippen LogP contribution in [0.4, 0.5) is 0 Å². The minimum absolute atomic E-state index is 0.0456. The van der Waals surface area contributed by atoms with Crippen LogP contribution in [0.15, 0.2) is 0 Å². The highest BCUT2D eigenvalue weighted by atomic mass is 16.4. The highest BCUT2D eigenvalue weighted by molar-refractivity contribution is 5.67. The molecule has 0 amide bonds. The molecule has 0 aliphatic rings. The Bertz CT molecular complexity index is 105. The van der Waals surface area contributed by atoms with Crippen molar-refractivity contribution in [1.82, 2.24) is 5.32 Å². The number of hydrogen-bond acceptors (Lipinski definition) is 3. The van der Waals surface area contributed by atoms with E-state index in [0.29, 0.717) is 6.54 Å². The Labute approximate surface area is 59.9 Å². The van der Waals surface area contributed by atoms with Gasteiger partial charge in [0.1, 0.15) is 0 Å². The molecule has 1 atom stereocenters. The van der Waals surface area contributed by atoms with Gasteiger partial charge in [0, 0.05) is 12.6 Å². The van der Waals surface area contributed by atoms with Crippen LogP contribution in [0.2, 0.25) is 0 Å². The van der Waals surface area contributed by atoms with Crippen LogP contribution in [-0.2, 0) is 4.79 Å². The first kappa shape index (κ1) is 9.39. The van der Waals surface area contributed by atoms with Crippen LogP contribution in [0.25, 0.3) is 0 Å². The topological polar surface area (TPSA) is 69.6 Å². The van der Waals surface area contributed by atoms with Crippen molar-refractivity contribution in [3.63, 3.8) is 0 Å². The third-order valence-corrected chi connectivity index (χ3v) is 1.09. The molecule has 0 aromatic heterocycles. The summed E-state index contributed by atoms with van der Waals surface area (Å²) in [5, 5.41) is 19.5. The van der Waals surface area contributed by atoms with Crippen LogP contribution in [0.5, 0.6) is 0 Å². The molecule has 0 heterocycles. The first-order valence-electron chi connectivity index (χ1n) is 3.23. The van der Waals surface area contributed by atoms with E-state index in [4.69, 9.17) is 10.2 Å². The summed E-state index contributed by atoms with van der Waals surface area (Å²) in [4.78, 5) is 10.1. The third kappa shape index (κ3) is 5.53. The van der Waals surface area contributed by atoms with E-state index in [1.807, 2.05) is 0 Å². The Hall–Kier alpha value is -0.610. The lowest BCUT2D eigenvalue weighted by Crippen LogP contribution is -2.30. The average Bonchev–Trinajstić information content (AvgIpc) is 1.82. The fraction of sp³-hybridized carbons (Fsp3) is 0.833. The molecule has 0 aromatic carbocycles. The van der Waals surface area contributed by atoms with Crippen molar-refractivity contribution in [3.8, 4) is 0 Å². The molecule has 60 valence electrons. The molecule has 0 radical (unpaired) electrons. The van der Waals surface area contributed by atoms with Gasteiger partial charge in [-0.05, 0) is 6.92 Å². The van der Waals surface area contributed by atoms with Gasteiger partial charge in [-0.25, -0.2) is 0 Å². The molecule has 0 aliphatic carbocycles. The Balaban J connectivity index is 3.25. The molecule has 0 aromatic rings. The zero-order valence-corrected chi connectivity index (χ0v) is 6.00. The van der Waals surface area contributed by atoms with Gasteiger partial charge < -0.3 is 15.5 Å². The lowest BCUT2D eigenvalue weighted by atomic mass is 10.2. The molecule has 0 saturated carbocycles. The monoisotopic (exact) mass is 147 g/mol. The molecule has 0 aliphatic heterocycles. The Kier molecular flexibility index (Phi) is 4.88. The fourth-order valence-corrected chi connectivity index (χ4v) is 0.645. The van der Waals surface area contributed by atoms with Crippen molar-refractivity contribution < 1.29 is 15.0 Å². The molecule has 4 nitrogen and oxygen atoms in total. The summed E-state index contributed by atoms with van der Waals surface area (Å²) in [6, 6.07) is -0.0651. The van der Waals surface area contributed by atoms with E-state index in [0.717, 1.165) is 0 Å². The van der Waals surface area contributed by atoms with E-state index in [2.05, 4.69) is 5.32 Å². The standard InChI is InChI=1S/C6H13NO3/c1-5(4-6(9)10)7-2-3-8/h5,7-8H,2-4H2,1H3,(H,9,10)/t5-/m1/s1. The SMILES string of the molecule is C[C@H](CC(=O)O)NCCO. The maximum absolute atomic E-state index is 10.1. The molecule has 0 rings (SSSR count). The van der Waals surface area contributed by atoms with Gasteiger partial charge in [-0.1, -0.05) is 0 Å². The molecule has 10 heavy (non-hydrogen) atoms. The van der Waals surface area contributed by atoms with E-state index < -0.39 is 5.97 Å². The molecule has 4 heteroatoms. The minimum Gasteiger partial charge on any atom is -0.481 e. The van der Waals surface area contributed by atoms with Gasteiger partial charge in [0.25, 0.3) is 0 Å². The molecular formula is C6H13NO3. The van der Waals surface area contributed by atoms with Crippen molar-refractivity contribution in [2.24, 2.45) is 0 Å². The van der Waals surface area contributed by atoms with Crippen LogP contribution in [-0.4, -0.2) is 35.4 Å². The fourth-order valence-electron chi connectivity index (χ4n) is 0.645. The van der Waals surface area contributed by atoms with Crippen LogP contribution in [0.3, 0.4) is 0 Å². The van der Waals surface area contributed by atoms with E-state index in [1.165, 1.54) is 0 Å². The first-order valence-corrected chi connectivity index (χ1v) is 3.23. The second kappa shape index (κ2) is 5.20. The second-order valence-electron chi connectivity index (χ2n) is 2.18. The summed E-state index contributed by atoms with van der Waals surface area (Å²) < 4.78 is 0. The highest BCUT2D eigenvalue weighted by Crippen LogP contribution is 1.88. The van der Waals surface area contributed by atoms with E-state index >= 15 is 0 Å². The summed E-state index contributed by atoms with van der Waals surface area (Å²) in [5.41, 5.74) is 0. The number of carboxylic acids is 1. The Morgan fingerprint density at radius 1 is 1.70 bits per heavy atom. The minimum atomic E-state index is -0.821. The lowest BCUT2D eigenvalue weighted by molar-refractivity contribution is -0.137. The first-order chi connectivity index (χ1) is 4.66. The summed E-state index contributed by atoms with van der Waals surface area (Å²) in [6.07, 6.45) is 0.0972. The maximum atomic E-state index is 10.1.